The molecule has 0 aliphatic heterocycles. The van der Waals surface area contributed by atoms with E-state index in [1.807, 2.05) is 0 Å². The summed E-state index contributed by atoms with van der Waals surface area (Å²) >= 11 is 0. The Morgan fingerprint density at radius 2 is 1.68 bits per heavy atom. The Morgan fingerprint density at radius 3 is 2.36 bits per heavy atom. The first-order valence-corrected chi connectivity index (χ1v) is 8.33. The summed E-state index contributed by atoms with van der Waals surface area (Å²) in [5, 5.41) is 4.46. The Kier molecular flexibility index (Phi) is 3.46. The van der Waals surface area contributed by atoms with Crippen LogP contribution in [0, 0.1) is 0 Å². The number of carbonyl (C=O) groups is 2. The molecule has 2 N–H and O–H groups in total. The highest BCUT2D eigenvalue weighted by molar-refractivity contribution is 7.85. The SMILES string of the molecule is O=C1C(=O)c2ccc(NCCCS(=O)(=O)O)c3cccc1c23. The minimum Gasteiger partial charge on any atom is -0.385 e. The van der Waals surface area contributed by atoms with E-state index in [2.05, 4.69) is 5.32 Å². The summed E-state index contributed by atoms with van der Waals surface area (Å²) in [5.41, 5.74) is 1.52. The van der Waals surface area contributed by atoms with E-state index < -0.39 is 21.7 Å². The zero-order valence-corrected chi connectivity index (χ0v) is 12.3. The lowest BCUT2D eigenvalue weighted by Gasteiger charge is -2.10. The third kappa shape index (κ3) is 2.49. The molecule has 0 fully saturated rings. The van der Waals surface area contributed by atoms with Crippen molar-refractivity contribution in [2.75, 3.05) is 17.6 Å². The van der Waals surface area contributed by atoms with Crippen molar-refractivity contribution in [3.05, 3.63) is 41.5 Å². The lowest BCUT2D eigenvalue weighted by molar-refractivity contribution is 0.0825. The molecule has 0 saturated heterocycles. The van der Waals surface area contributed by atoms with Crippen LogP contribution in [-0.2, 0) is 10.1 Å². The molecule has 0 saturated carbocycles. The smallest absolute Gasteiger partial charge is 0.264 e. The number of carbonyl (C=O) groups excluding carboxylic acids is 2. The molecule has 114 valence electrons. The maximum atomic E-state index is 11.9. The minimum absolute atomic E-state index is 0.250. The van der Waals surface area contributed by atoms with Gasteiger partial charge in [-0.05, 0) is 18.6 Å². The molecule has 0 amide bonds. The monoisotopic (exact) mass is 319 g/mol. The van der Waals surface area contributed by atoms with E-state index in [0.717, 1.165) is 11.1 Å². The number of hydrogen-bond donors (Lipinski definition) is 2. The van der Waals surface area contributed by atoms with E-state index in [1.165, 1.54) is 0 Å². The molecule has 0 atom stereocenters. The molecule has 22 heavy (non-hydrogen) atoms. The van der Waals surface area contributed by atoms with Crippen LogP contribution in [0.25, 0.3) is 10.8 Å². The predicted molar refractivity (Wildman–Crippen MR) is 82.1 cm³/mol. The topological polar surface area (TPSA) is 101 Å². The van der Waals surface area contributed by atoms with E-state index in [-0.39, 0.29) is 12.2 Å². The number of ketones is 2. The van der Waals surface area contributed by atoms with Crippen molar-refractivity contribution in [3.8, 4) is 0 Å². The first kappa shape index (κ1) is 14.7. The lowest BCUT2D eigenvalue weighted by Crippen LogP contribution is -2.10. The Morgan fingerprint density at radius 1 is 1.00 bits per heavy atom. The number of nitrogens with one attached hydrogen (secondary N) is 1. The molecule has 6 nitrogen and oxygen atoms in total. The van der Waals surface area contributed by atoms with Crippen molar-refractivity contribution in [2.24, 2.45) is 0 Å². The van der Waals surface area contributed by atoms with Gasteiger partial charge in [-0.15, -0.1) is 0 Å². The van der Waals surface area contributed by atoms with Gasteiger partial charge < -0.3 is 5.32 Å². The van der Waals surface area contributed by atoms with Crippen LogP contribution >= 0.6 is 0 Å². The molecule has 1 aliphatic carbocycles. The van der Waals surface area contributed by atoms with Gasteiger partial charge in [0, 0.05) is 34.1 Å². The molecule has 0 spiro atoms. The fourth-order valence-corrected chi connectivity index (χ4v) is 3.17. The van der Waals surface area contributed by atoms with Crippen molar-refractivity contribution in [2.45, 2.75) is 6.42 Å². The van der Waals surface area contributed by atoms with Crippen molar-refractivity contribution in [1.82, 2.24) is 0 Å². The fraction of sp³-hybridized carbons (Fsp3) is 0.200. The molecular formula is C15H13NO5S. The molecule has 1 aliphatic rings. The van der Waals surface area contributed by atoms with Crippen LogP contribution in [0.15, 0.2) is 30.3 Å². The van der Waals surface area contributed by atoms with E-state index in [0.29, 0.717) is 23.1 Å². The zero-order valence-electron chi connectivity index (χ0n) is 11.5. The average molecular weight is 319 g/mol. The van der Waals surface area contributed by atoms with Gasteiger partial charge in [-0.25, -0.2) is 0 Å². The summed E-state index contributed by atoms with van der Waals surface area (Å²) in [6, 6.07) is 8.44. The standard InChI is InChI=1S/C15H13NO5S/c17-14-10-4-1-3-9-12(16-7-2-8-22(19,20)21)6-5-11(13(9)10)15(14)18/h1,3-6,16H,2,7-8H2,(H,19,20,21). The van der Waals surface area contributed by atoms with Gasteiger partial charge in [-0.2, -0.15) is 8.42 Å². The van der Waals surface area contributed by atoms with Crippen LogP contribution in [0.4, 0.5) is 5.69 Å². The van der Waals surface area contributed by atoms with Crippen LogP contribution in [0.1, 0.15) is 27.1 Å². The Labute approximate surface area is 126 Å². The van der Waals surface area contributed by atoms with Gasteiger partial charge >= 0.3 is 0 Å². The van der Waals surface area contributed by atoms with Crippen LogP contribution in [0.2, 0.25) is 0 Å². The van der Waals surface area contributed by atoms with E-state index in [1.54, 1.807) is 30.3 Å². The number of anilines is 1. The molecular weight excluding hydrogens is 306 g/mol. The van der Waals surface area contributed by atoms with E-state index in [9.17, 15) is 18.0 Å². The molecule has 0 heterocycles. The van der Waals surface area contributed by atoms with Crippen molar-refractivity contribution in [3.63, 3.8) is 0 Å². The van der Waals surface area contributed by atoms with Gasteiger partial charge in [-0.3, -0.25) is 14.1 Å². The molecule has 0 radical (unpaired) electrons. The number of Topliss-reactive ketones (excluding diaryl/α,β-unsaturated/α-hetero) is 2. The number of rotatable bonds is 5. The van der Waals surface area contributed by atoms with Gasteiger partial charge in [0.05, 0.1) is 5.75 Å². The highest BCUT2D eigenvalue weighted by Gasteiger charge is 2.31. The third-order valence-electron chi connectivity index (χ3n) is 3.63. The quantitative estimate of drug-likeness (QED) is 0.496. The Bertz CT molecular complexity index is 881. The van der Waals surface area contributed by atoms with E-state index >= 15 is 0 Å². The van der Waals surface area contributed by atoms with Gasteiger partial charge in [0.2, 0.25) is 11.6 Å². The number of hydrogen-bond acceptors (Lipinski definition) is 5. The molecule has 0 bridgehead atoms. The zero-order chi connectivity index (χ0) is 15.9. The van der Waals surface area contributed by atoms with Crippen molar-refractivity contribution in [1.29, 1.82) is 0 Å². The molecule has 0 aromatic heterocycles. The maximum Gasteiger partial charge on any atom is 0.264 e. The normalized spacial score (nSPS) is 13.9. The van der Waals surface area contributed by atoms with Gasteiger partial charge in [0.1, 0.15) is 0 Å². The van der Waals surface area contributed by atoms with Gasteiger partial charge in [-0.1, -0.05) is 18.2 Å². The lowest BCUT2D eigenvalue weighted by atomic mass is 10.0. The first-order chi connectivity index (χ1) is 10.4. The number of benzene rings is 2. The summed E-state index contributed by atoms with van der Waals surface area (Å²) in [5.74, 6) is -1.31. The summed E-state index contributed by atoms with van der Waals surface area (Å²) < 4.78 is 30.1. The highest BCUT2D eigenvalue weighted by Crippen LogP contribution is 2.34. The Hall–Kier alpha value is -2.25. The predicted octanol–water partition coefficient (Wildman–Crippen LogP) is 1.91. The molecule has 2 aromatic rings. The van der Waals surface area contributed by atoms with Crippen LogP contribution in [0.3, 0.4) is 0 Å². The summed E-state index contributed by atoms with van der Waals surface area (Å²) in [6.07, 6.45) is 0.250. The fourth-order valence-electron chi connectivity index (χ4n) is 2.66. The summed E-state index contributed by atoms with van der Waals surface area (Å²) in [6.45, 7) is 0.348. The second-order valence-electron chi connectivity index (χ2n) is 5.11. The summed E-state index contributed by atoms with van der Waals surface area (Å²) in [7, 11) is -3.97. The van der Waals surface area contributed by atoms with Gasteiger partial charge in [0.25, 0.3) is 10.1 Å². The van der Waals surface area contributed by atoms with Crippen LogP contribution in [0.5, 0.6) is 0 Å². The van der Waals surface area contributed by atoms with E-state index in [4.69, 9.17) is 4.55 Å². The minimum atomic E-state index is -3.97. The molecule has 0 unspecified atom stereocenters. The molecule has 2 aromatic carbocycles. The third-order valence-corrected chi connectivity index (χ3v) is 4.44. The van der Waals surface area contributed by atoms with Crippen molar-refractivity contribution >= 4 is 38.1 Å². The maximum absolute atomic E-state index is 11.9. The molecule has 7 heteroatoms. The molecule has 3 rings (SSSR count). The van der Waals surface area contributed by atoms with Crippen LogP contribution in [-0.4, -0.2) is 36.8 Å². The van der Waals surface area contributed by atoms with Gasteiger partial charge in [0.15, 0.2) is 0 Å². The average Bonchev–Trinajstić information content (AvgIpc) is 2.71. The largest absolute Gasteiger partial charge is 0.385 e. The van der Waals surface area contributed by atoms with Crippen LogP contribution < -0.4 is 5.32 Å². The summed E-state index contributed by atoms with van der Waals surface area (Å²) in [4.78, 5) is 23.8. The van der Waals surface area contributed by atoms with Crippen molar-refractivity contribution < 1.29 is 22.6 Å². The second-order valence-corrected chi connectivity index (χ2v) is 6.69. The second kappa shape index (κ2) is 5.19. The highest BCUT2D eigenvalue weighted by atomic mass is 32.2. The first-order valence-electron chi connectivity index (χ1n) is 6.72. The Balaban J connectivity index is 1.90.